The van der Waals surface area contributed by atoms with Gasteiger partial charge >= 0.3 is 24.0 Å². The molecular weight excluding hydrogens is 664 g/mol. The molecule has 2 fully saturated rings. The van der Waals surface area contributed by atoms with Crippen molar-refractivity contribution in [3.05, 3.63) is 59.4 Å². The monoisotopic (exact) mass is 696 g/mol. The fourth-order valence-corrected chi connectivity index (χ4v) is 9.67. The smallest absolute Gasteiger partial charge is 0.435 e. The van der Waals surface area contributed by atoms with Crippen LogP contribution in [0, 0.1) is 17.2 Å². The van der Waals surface area contributed by atoms with Gasteiger partial charge in [0.15, 0.2) is 9.84 Å². The number of halogens is 8. The summed E-state index contributed by atoms with van der Waals surface area (Å²) in [7, 11) is -4.66. The van der Waals surface area contributed by atoms with Gasteiger partial charge < -0.3 is 14.9 Å². The van der Waals surface area contributed by atoms with Crippen LogP contribution in [0.3, 0.4) is 0 Å². The number of hydrogen-bond acceptors (Lipinski definition) is 5. The summed E-state index contributed by atoms with van der Waals surface area (Å²) < 4.78 is 138. The summed E-state index contributed by atoms with van der Waals surface area (Å²) in [6, 6.07) is 3.92. The number of likely N-dealkylation sites (tertiary alicyclic amines) is 1. The molecule has 1 saturated heterocycles. The number of carboxylic acids is 1. The number of sulfone groups is 1. The second kappa shape index (κ2) is 11.3. The highest BCUT2D eigenvalue weighted by Gasteiger charge is 2.74. The maximum Gasteiger partial charge on any atom is 0.435 e. The van der Waals surface area contributed by atoms with Crippen LogP contribution in [-0.4, -0.2) is 68.3 Å². The zero-order valence-electron chi connectivity index (χ0n) is 25.3. The van der Waals surface area contributed by atoms with Crippen molar-refractivity contribution < 1.29 is 58.2 Å². The predicted molar refractivity (Wildman–Crippen MR) is 152 cm³/mol. The zero-order valence-corrected chi connectivity index (χ0v) is 26.1. The molecule has 1 N–H and O–H groups in total. The number of alkyl halides is 7. The maximum absolute atomic E-state index is 15.2. The Labute approximate surface area is 265 Å². The predicted octanol–water partition coefficient (Wildman–Crippen LogP) is 6.51. The summed E-state index contributed by atoms with van der Waals surface area (Å²) >= 11 is 0. The third-order valence-corrected chi connectivity index (χ3v) is 12.8. The Kier molecular flexibility index (Phi) is 8.41. The number of likely N-dealkylation sites (N-methyl/N-ethyl adjacent to an activating group) is 1. The molecule has 2 unspecified atom stereocenters. The Bertz CT molecular complexity index is 1660. The third kappa shape index (κ3) is 5.16. The van der Waals surface area contributed by atoms with E-state index in [1.807, 2.05) is 0 Å². The van der Waals surface area contributed by atoms with E-state index in [0.29, 0.717) is 6.07 Å². The number of aliphatic carboxylic acids is 1. The van der Waals surface area contributed by atoms with Crippen LogP contribution in [0.4, 0.5) is 40.8 Å². The minimum atomic E-state index is -6.40. The molecule has 1 amide bonds. The largest absolute Gasteiger partial charge is 0.481 e. The molecule has 1 aliphatic carbocycles. The molecule has 0 radical (unpaired) electrons. The van der Waals surface area contributed by atoms with Crippen molar-refractivity contribution in [2.75, 3.05) is 24.5 Å². The lowest BCUT2D eigenvalue weighted by Crippen LogP contribution is -2.59. The highest BCUT2D eigenvalue weighted by atomic mass is 32.2. The molecule has 3 aliphatic rings. The van der Waals surface area contributed by atoms with Gasteiger partial charge in [0.25, 0.3) is 0 Å². The Balaban J connectivity index is 1.68. The number of amides is 1. The molecule has 7 nitrogen and oxygen atoms in total. The molecule has 0 bridgehead atoms. The molecule has 2 heterocycles. The molecule has 0 spiro atoms. The van der Waals surface area contributed by atoms with Crippen LogP contribution in [0.2, 0.25) is 0 Å². The van der Waals surface area contributed by atoms with E-state index < -0.39 is 78.1 Å². The van der Waals surface area contributed by atoms with Crippen LogP contribution >= 0.6 is 0 Å². The molecule has 2 aromatic rings. The molecule has 0 aromatic heterocycles. The van der Waals surface area contributed by atoms with E-state index in [9.17, 15) is 53.8 Å². The van der Waals surface area contributed by atoms with E-state index in [1.165, 1.54) is 16.7 Å². The third-order valence-electron chi connectivity index (χ3n) is 10.2. The average molecular weight is 697 g/mol. The maximum atomic E-state index is 15.2. The summed E-state index contributed by atoms with van der Waals surface area (Å²) in [6.45, 7) is 2.54. The Morgan fingerprint density at radius 2 is 1.51 bits per heavy atom. The number of carbonyl (C=O) groups is 2. The molecule has 2 aliphatic heterocycles. The molecule has 5 rings (SSSR count). The lowest BCUT2D eigenvalue weighted by molar-refractivity contribution is -0.348. The van der Waals surface area contributed by atoms with Gasteiger partial charge in [-0.3, -0.25) is 9.59 Å². The van der Waals surface area contributed by atoms with Gasteiger partial charge in [0.05, 0.1) is 16.4 Å². The van der Waals surface area contributed by atoms with Crippen molar-refractivity contribution in [1.29, 1.82) is 0 Å². The highest BCUT2D eigenvalue weighted by Crippen LogP contribution is 2.58. The fraction of sp³-hybridized carbons (Fsp3) is 0.548. The van der Waals surface area contributed by atoms with Crippen LogP contribution in [-0.2, 0) is 29.8 Å². The lowest BCUT2D eigenvalue weighted by Gasteiger charge is -2.48. The van der Waals surface area contributed by atoms with Crippen molar-refractivity contribution in [3.63, 3.8) is 0 Å². The Morgan fingerprint density at radius 3 is 2.02 bits per heavy atom. The van der Waals surface area contributed by atoms with Crippen LogP contribution < -0.4 is 4.90 Å². The van der Waals surface area contributed by atoms with Gasteiger partial charge in [0.2, 0.25) is 5.91 Å². The standard InChI is InChI=1S/C31H32F8N2O5S/c1-3-40-17-24-28(47(45,46)21-7-5-20(32)6-8-21,14-15-41(24)25(42)18-10-12-27(2,13-11-18)26(43)44)22-9-4-19(16-23(22)40)29(33,30(34,35)36)31(37,38)39/h4-9,16,18,24H,3,10-15,17H2,1-2H3,(H,43,44)/t18-,24?,27-,28?. The summed E-state index contributed by atoms with van der Waals surface area (Å²) in [5.41, 5.74) is -9.18. The van der Waals surface area contributed by atoms with Gasteiger partial charge in [-0.2, -0.15) is 26.3 Å². The summed E-state index contributed by atoms with van der Waals surface area (Å²) in [4.78, 5) is 28.0. The molecule has 2 atom stereocenters. The van der Waals surface area contributed by atoms with Crippen molar-refractivity contribution in [2.24, 2.45) is 11.3 Å². The van der Waals surface area contributed by atoms with Gasteiger partial charge in [-0.25, -0.2) is 17.2 Å². The van der Waals surface area contributed by atoms with Crippen LogP contribution in [0.15, 0.2) is 47.4 Å². The lowest BCUT2D eigenvalue weighted by atomic mass is 9.71. The van der Waals surface area contributed by atoms with Crippen molar-refractivity contribution in [2.45, 2.75) is 79.7 Å². The average Bonchev–Trinajstić information content (AvgIpc) is 3.40. The minimum absolute atomic E-state index is 0.0562. The number of fused-ring (bicyclic) bond motifs is 3. The Hall–Kier alpha value is -3.43. The molecule has 16 heteroatoms. The number of rotatable bonds is 6. The van der Waals surface area contributed by atoms with Crippen LogP contribution in [0.25, 0.3) is 0 Å². The first-order chi connectivity index (χ1) is 21.7. The fourth-order valence-electron chi connectivity index (χ4n) is 7.38. The zero-order chi connectivity index (χ0) is 35.0. The first kappa shape index (κ1) is 34.9. The van der Waals surface area contributed by atoms with Crippen LogP contribution in [0.5, 0.6) is 0 Å². The van der Waals surface area contributed by atoms with E-state index in [4.69, 9.17) is 0 Å². The normalized spacial score (nSPS) is 26.9. The van der Waals surface area contributed by atoms with Gasteiger partial charge in [0.1, 0.15) is 10.6 Å². The van der Waals surface area contributed by atoms with E-state index in [2.05, 4.69) is 0 Å². The molecule has 258 valence electrons. The number of hydrogen-bond donors (Lipinski definition) is 1. The number of anilines is 1. The second-order valence-corrected chi connectivity index (χ2v) is 14.9. The van der Waals surface area contributed by atoms with Crippen molar-refractivity contribution in [1.82, 2.24) is 4.90 Å². The van der Waals surface area contributed by atoms with Gasteiger partial charge in [-0.05, 0) is 81.8 Å². The first-order valence-corrected chi connectivity index (χ1v) is 16.4. The van der Waals surface area contributed by atoms with E-state index >= 15 is 4.39 Å². The number of nitrogens with zero attached hydrogens (tertiary/aromatic N) is 2. The van der Waals surface area contributed by atoms with Gasteiger partial charge in [-0.1, -0.05) is 12.1 Å². The summed E-state index contributed by atoms with van der Waals surface area (Å²) in [6.07, 6.45) is -12.3. The minimum Gasteiger partial charge on any atom is -0.481 e. The highest BCUT2D eigenvalue weighted by molar-refractivity contribution is 7.92. The van der Waals surface area contributed by atoms with Crippen molar-refractivity contribution >= 4 is 27.4 Å². The van der Waals surface area contributed by atoms with Gasteiger partial charge in [0, 0.05) is 36.8 Å². The van der Waals surface area contributed by atoms with Gasteiger partial charge in [-0.15, -0.1) is 0 Å². The van der Waals surface area contributed by atoms with Crippen LogP contribution in [0.1, 0.15) is 57.1 Å². The van der Waals surface area contributed by atoms with E-state index in [0.717, 1.165) is 30.3 Å². The van der Waals surface area contributed by atoms with E-state index in [1.54, 1.807) is 6.92 Å². The molecule has 1 saturated carbocycles. The quantitative estimate of drug-likeness (QED) is 0.274. The topological polar surface area (TPSA) is 95.0 Å². The van der Waals surface area contributed by atoms with Crippen molar-refractivity contribution in [3.8, 4) is 0 Å². The first-order valence-electron chi connectivity index (χ1n) is 14.9. The number of benzene rings is 2. The SMILES string of the molecule is CCN1CC2N(C(=O)[C@H]3CC[C@](C)(C(=O)O)CC3)CCC2(S(=O)(=O)c2ccc(F)cc2)c2ccc(C(F)(C(F)(F)F)C(F)(F)F)cc21. The molecule has 47 heavy (non-hydrogen) atoms. The second-order valence-electron chi connectivity index (χ2n) is 12.7. The number of carbonyl (C=O) groups excluding carboxylic acids is 1. The summed E-state index contributed by atoms with van der Waals surface area (Å²) in [5, 5.41) is 9.61. The summed E-state index contributed by atoms with van der Waals surface area (Å²) in [5.74, 6) is -2.89. The molecule has 2 aromatic carbocycles. The van der Waals surface area contributed by atoms with E-state index in [-0.39, 0.29) is 69.1 Å². The number of carboxylic acid groups (broad SMARTS) is 1. The molecular formula is C31H32F8N2O5S. The Morgan fingerprint density at radius 1 is 0.936 bits per heavy atom.